The van der Waals surface area contributed by atoms with Gasteiger partial charge in [0.25, 0.3) is 5.82 Å². The van der Waals surface area contributed by atoms with E-state index in [2.05, 4.69) is 65.9 Å². The molecule has 0 spiro atoms. The summed E-state index contributed by atoms with van der Waals surface area (Å²) in [4.78, 5) is 4.72. The van der Waals surface area contributed by atoms with Gasteiger partial charge in [-0.1, -0.05) is 48.9 Å². The molecule has 170 valence electrons. The van der Waals surface area contributed by atoms with Crippen LogP contribution in [0.2, 0.25) is 5.02 Å². The summed E-state index contributed by atoms with van der Waals surface area (Å²) in [6, 6.07) is 21.1. The number of thioether (sulfide) groups is 1. The first-order chi connectivity index (χ1) is 15.7. The minimum Gasteiger partial charge on any atom is -0.382 e. The molecule has 1 aromatic heterocycles. The number of hydrogen-bond donors (Lipinski definition) is 2. The van der Waals surface area contributed by atoms with Crippen LogP contribution in [-0.2, 0) is 5.60 Å². The Labute approximate surface area is 205 Å². The lowest BCUT2D eigenvalue weighted by Crippen LogP contribution is -2.32. The van der Waals surface area contributed by atoms with Gasteiger partial charge in [-0.3, -0.25) is 0 Å². The van der Waals surface area contributed by atoms with Gasteiger partial charge >= 0.3 is 0 Å². The van der Waals surface area contributed by atoms with Crippen molar-refractivity contribution >= 4 is 23.4 Å². The van der Waals surface area contributed by atoms with Gasteiger partial charge < -0.3 is 5.11 Å². The Morgan fingerprint density at radius 2 is 1.70 bits per heavy atom. The lowest BCUT2D eigenvalue weighted by molar-refractivity contribution is -0.583. The van der Waals surface area contributed by atoms with Crippen LogP contribution in [0.3, 0.4) is 0 Å². The molecule has 0 aliphatic heterocycles. The molecule has 0 amide bonds. The number of benzene rings is 3. The minimum absolute atomic E-state index is 0.674. The van der Waals surface area contributed by atoms with E-state index in [4.69, 9.17) is 11.6 Å². The van der Waals surface area contributed by atoms with Gasteiger partial charge in [0.2, 0.25) is 0 Å². The summed E-state index contributed by atoms with van der Waals surface area (Å²) in [7, 11) is 0. The van der Waals surface area contributed by atoms with Crippen LogP contribution in [0.5, 0.6) is 0 Å². The average molecular weight is 478 g/mol. The third-order valence-corrected chi connectivity index (χ3v) is 7.00. The molecule has 33 heavy (non-hydrogen) atoms. The summed E-state index contributed by atoms with van der Waals surface area (Å²) in [6.07, 6.45) is 1.97. The Morgan fingerprint density at radius 3 is 2.36 bits per heavy atom. The molecule has 0 radical (unpaired) electrons. The molecular weight excluding hydrogens is 448 g/mol. The van der Waals surface area contributed by atoms with Crippen LogP contribution in [-0.4, -0.2) is 15.8 Å². The fraction of sp³-hybridized carbons (Fsp3) is 0.250. The summed E-state index contributed by atoms with van der Waals surface area (Å²) in [5, 5.41) is 11.4. The molecule has 0 unspecified atom stereocenters. The zero-order valence-electron chi connectivity index (χ0n) is 19.7. The zero-order chi connectivity index (χ0) is 23.8. The molecule has 0 saturated carbocycles. The molecule has 0 saturated heterocycles. The molecule has 0 aliphatic carbocycles. The van der Waals surface area contributed by atoms with E-state index in [0.29, 0.717) is 5.02 Å². The quantitative estimate of drug-likeness (QED) is 0.227. The Morgan fingerprint density at radius 1 is 0.970 bits per heavy atom. The molecule has 0 bridgehead atoms. The van der Waals surface area contributed by atoms with E-state index in [1.165, 1.54) is 16.0 Å². The van der Waals surface area contributed by atoms with Crippen molar-refractivity contribution in [1.82, 2.24) is 4.98 Å². The third kappa shape index (κ3) is 4.89. The number of aromatic nitrogens is 2. The maximum absolute atomic E-state index is 10.7. The van der Waals surface area contributed by atoms with Crippen LogP contribution in [0, 0.1) is 13.8 Å². The number of H-pyrrole nitrogens is 1. The SMILES string of the molecule is CCSc1cccc(-c2ccc(-[n+]3cc(C(C)(C)O)[nH]c3-c3c(C)cccc3Cl)c(C)c2)c1. The standard InChI is InChI=1S/C28H29ClN2OS/c1-6-33-22-11-8-10-20(16-22)21-13-14-24(19(3)15-21)31-17-25(28(4,5)32)30-27(31)26-18(2)9-7-12-23(26)29/h7-17,32H,6H2,1-5H3/p+1. The number of aliphatic hydroxyl groups is 1. The molecule has 4 aromatic rings. The fourth-order valence-electron chi connectivity index (χ4n) is 4.07. The lowest BCUT2D eigenvalue weighted by Gasteiger charge is -2.10. The highest BCUT2D eigenvalue weighted by atomic mass is 35.5. The number of halogens is 1. The second-order valence-corrected chi connectivity index (χ2v) is 10.6. The summed E-state index contributed by atoms with van der Waals surface area (Å²) in [5.74, 6) is 1.91. The Hall–Kier alpha value is -2.53. The van der Waals surface area contributed by atoms with E-state index < -0.39 is 5.60 Å². The van der Waals surface area contributed by atoms with Crippen molar-refractivity contribution in [3.8, 4) is 28.2 Å². The second-order valence-electron chi connectivity index (χ2n) is 8.84. The third-order valence-electron chi connectivity index (χ3n) is 5.80. The van der Waals surface area contributed by atoms with Crippen LogP contribution in [0.1, 0.15) is 37.6 Å². The van der Waals surface area contributed by atoms with Crippen LogP contribution in [0.15, 0.2) is 71.8 Å². The van der Waals surface area contributed by atoms with Crippen LogP contribution < -0.4 is 4.57 Å². The number of imidazole rings is 1. The van der Waals surface area contributed by atoms with Gasteiger partial charge in [0.1, 0.15) is 17.5 Å². The van der Waals surface area contributed by atoms with Gasteiger partial charge in [0.05, 0.1) is 10.6 Å². The Kier molecular flexibility index (Phi) is 6.71. The molecule has 5 heteroatoms. The van der Waals surface area contributed by atoms with E-state index in [0.717, 1.165) is 39.6 Å². The van der Waals surface area contributed by atoms with Crippen molar-refractivity contribution < 1.29 is 9.67 Å². The van der Waals surface area contributed by atoms with Crippen molar-refractivity contribution in [2.24, 2.45) is 0 Å². The molecule has 3 aromatic carbocycles. The number of rotatable bonds is 6. The minimum atomic E-state index is -1.01. The molecule has 1 heterocycles. The van der Waals surface area contributed by atoms with Crippen LogP contribution >= 0.6 is 23.4 Å². The first-order valence-electron chi connectivity index (χ1n) is 11.2. The van der Waals surface area contributed by atoms with Crippen LogP contribution in [0.4, 0.5) is 0 Å². The monoisotopic (exact) mass is 477 g/mol. The average Bonchev–Trinajstić information content (AvgIpc) is 3.19. The number of aryl methyl sites for hydroxylation is 2. The largest absolute Gasteiger partial charge is 0.382 e. The summed E-state index contributed by atoms with van der Waals surface area (Å²) >= 11 is 8.49. The van der Waals surface area contributed by atoms with Crippen LogP contribution in [0.25, 0.3) is 28.2 Å². The number of hydrogen-bond acceptors (Lipinski definition) is 2. The summed E-state index contributed by atoms with van der Waals surface area (Å²) in [5.41, 5.74) is 6.29. The Balaban J connectivity index is 1.86. The summed E-state index contributed by atoms with van der Waals surface area (Å²) in [6.45, 7) is 9.90. The fourth-order valence-corrected chi connectivity index (χ4v) is 5.10. The lowest BCUT2D eigenvalue weighted by atomic mass is 10.0. The number of nitrogens with zero attached hydrogens (tertiary/aromatic N) is 1. The molecule has 3 nitrogen and oxygen atoms in total. The highest BCUT2D eigenvalue weighted by Gasteiger charge is 2.30. The first kappa shape index (κ1) is 23.6. The predicted molar refractivity (Wildman–Crippen MR) is 139 cm³/mol. The molecule has 0 aliphatic rings. The summed E-state index contributed by atoms with van der Waals surface area (Å²) < 4.78 is 2.10. The van der Waals surface area contributed by atoms with Gasteiger partial charge in [0, 0.05) is 4.90 Å². The highest BCUT2D eigenvalue weighted by molar-refractivity contribution is 7.99. The zero-order valence-corrected chi connectivity index (χ0v) is 21.3. The molecule has 0 atom stereocenters. The van der Waals surface area contributed by atoms with Gasteiger partial charge in [-0.05, 0) is 86.0 Å². The molecule has 2 N–H and O–H groups in total. The van der Waals surface area contributed by atoms with Crippen molar-refractivity contribution in [3.05, 3.63) is 88.7 Å². The molecule has 4 rings (SSSR count). The maximum Gasteiger partial charge on any atom is 0.293 e. The van der Waals surface area contributed by atoms with Crippen molar-refractivity contribution in [1.29, 1.82) is 0 Å². The van der Waals surface area contributed by atoms with E-state index in [-0.39, 0.29) is 0 Å². The number of nitrogens with one attached hydrogen (secondary N) is 1. The number of aromatic amines is 1. The van der Waals surface area contributed by atoms with Crippen molar-refractivity contribution in [2.45, 2.75) is 45.1 Å². The topological polar surface area (TPSA) is 39.9 Å². The maximum atomic E-state index is 10.7. The van der Waals surface area contributed by atoms with Crippen molar-refractivity contribution in [3.63, 3.8) is 0 Å². The van der Waals surface area contributed by atoms with Crippen molar-refractivity contribution in [2.75, 3.05) is 5.75 Å². The molecular formula is C28H30ClN2OS+. The second kappa shape index (κ2) is 9.38. The highest BCUT2D eigenvalue weighted by Crippen LogP contribution is 2.32. The Bertz CT molecular complexity index is 1280. The van der Waals surface area contributed by atoms with Gasteiger partial charge in [-0.25, -0.2) is 4.98 Å². The van der Waals surface area contributed by atoms with E-state index in [1.807, 2.05) is 43.1 Å². The van der Waals surface area contributed by atoms with Gasteiger partial charge in [0.15, 0.2) is 5.69 Å². The van der Waals surface area contributed by atoms with E-state index in [9.17, 15) is 5.11 Å². The van der Waals surface area contributed by atoms with Gasteiger partial charge in [-0.2, -0.15) is 4.57 Å². The van der Waals surface area contributed by atoms with E-state index >= 15 is 0 Å². The van der Waals surface area contributed by atoms with E-state index in [1.54, 1.807) is 13.8 Å². The predicted octanol–water partition coefficient (Wildman–Crippen LogP) is 7.24. The smallest absolute Gasteiger partial charge is 0.293 e. The first-order valence-corrected chi connectivity index (χ1v) is 12.5. The normalized spacial score (nSPS) is 11.7. The molecule has 0 fully saturated rings. The van der Waals surface area contributed by atoms with Gasteiger partial charge in [-0.15, -0.1) is 11.8 Å².